The van der Waals surface area contributed by atoms with E-state index in [2.05, 4.69) is 16.0 Å². The summed E-state index contributed by atoms with van der Waals surface area (Å²) >= 11 is 0. The van der Waals surface area contributed by atoms with Gasteiger partial charge in [-0.15, -0.1) is 0 Å². The first-order valence-electron chi connectivity index (χ1n) is 7.47. The number of hydrogen-bond acceptors (Lipinski definition) is 3. The fourth-order valence-electron chi connectivity index (χ4n) is 2.44. The van der Waals surface area contributed by atoms with Gasteiger partial charge in [-0.05, 0) is 49.5 Å². The summed E-state index contributed by atoms with van der Waals surface area (Å²) in [4.78, 5) is 22.9. The minimum atomic E-state index is -0.0575. The van der Waals surface area contributed by atoms with Gasteiger partial charge in [0.15, 0.2) is 0 Å². The van der Waals surface area contributed by atoms with E-state index in [1.54, 1.807) is 12.1 Å². The molecule has 3 N–H and O–H groups in total. The quantitative estimate of drug-likeness (QED) is 0.759. The summed E-state index contributed by atoms with van der Waals surface area (Å²) in [7, 11) is 0. The Morgan fingerprint density at radius 1 is 1.24 bits per heavy atom. The van der Waals surface area contributed by atoms with Crippen molar-refractivity contribution in [3.05, 3.63) is 35.4 Å². The molecule has 0 radical (unpaired) electrons. The van der Waals surface area contributed by atoms with Gasteiger partial charge in [0.2, 0.25) is 5.91 Å². The van der Waals surface area contributed by atoms with Crippen LogP contribution in [0.1, 0.15) is 35.7 Å². The maximum Gasteiger partial charge on any atom is 0.251 e. The van der Waals surface area contributed by atoms with Crippen LogP contribution < -0.4 is 16.0 Å². The van der Waals surface area contributed by atoms with Gasteiger partial charge in [0.1, 0.15) is 0 Å². The van der Waals surface area contributed by atoms with E-state index in [-0.39, 0.29) is 11.8 Å². The van der Waals surface area contributed by atoms with Gasteiger partial charge in [-0.25, -0.2) is 0 Å². The van der Waals surface area contributed by atoms with E-state index in [1.165, 1.54) is 19.8 Å². The lowest BCUT2D eigenvalue weighted by atomic mass is 9.99. The minimum Gasteiger partial charge on any atom is -0.352 e. The highest BCUT2D eigenvalue weighted by molar-refractivity contribution is 5.94. The second-order valence-corrected chi connectivity index (χ2v) is 5.53. The molecule has 0 aliphatic carbocycles. The first-order chi connectivity index (χ1) is 10.1. The van der Waals surface area contributed by atoms with Crippen LogP contribution in [-0.2, 0) is 11.3 Å². The van der Waals surface area contributed by atoms with Crippen molar-refractivity contribution < 1.29 is 9.59 Å². The second kappa shape index (κ2) is 7.78. The Kier molecular flexibility index (Phi) is 5.75. The Morgan fingerprint density at radius 3 is 2.62 bits per heavy atom. The molecule has 2 amide bonds. The van der Waals surface area contributed by atoms with Crippen molar-refractivity contribution in [2.45, 2.75) is 26.3 Å². The molecule has 1 aromatic carbocycles. The summed E-state index contributed by atoms with van der Waals surface area (Å²) in [6, 6.07) is 7.33. The zero-order valence-electron chi connectivity index (χ0n) is 12.4. The number of amides is 2. The molecule has 1 unspecified atom stereocenters. The number of piperidine rings is 1. The van der Waals surface area contributed by atoms with Crippen molar-refractivity contribution >= 4 is 11.8 Å². The van der Waals surface area contributed by atoms with E-state index in [9.17, 15) is 9.59 Å². The van der Waals surface area contributed by atoms with Crippen LogP contribution in [-0.4, -0.2) is 31.4 Å². The summed E-state index contributed by atoms with van der Waals surface area (Å²) in [5, 5.41) is 9.07. The number of carbonyl (C=O) groups excluding carboxylic acids is 2. The van der Waals surface area contributed by atoms with Crippen LogP contribution >= 0.6 is 0 Å². The summed E-state index contributed by atoms with van der Waals surface area (Å²) in [6.07, 6.45) is 2.35. The summed E-state index contributed by atoms with van der Waals surface area (Å²) < 4.78 is 0. The lowest BCUT2D eigenvalue weighted by Gasteiger charge is -2.22. The Morgan fingerprint density at radius 2 is 2.00 bits per heavy atom. The Hall–Kier alpha value is -1.88. The molecule has 0 saturated carbocycles. The lowest BCUT2D eigenvalue weighted by Crippen LogP contribution is -2.38. The molecule has 1 aliphatic heterocycles. The Balaban J connectivity index is 1.80. The molecular formula is C16H23N3O2. The Bertz CT molecular complexity index is 479. The fourth-order valence-corrected chi connectivity index (χ4v) is 2.44. The van der Waals surface area contributed by atoms with Gasteiger partial charge in [0, 0.05) is 25.6 Å². The highest BCUT2D eigenvalue weighted by Crippen LogP contribution is 2.09. The molecule has 2 rings (SSSR count). The van der Waals surface area contributed by atoms with Crippen LogP contribution in [0.25, 0.3) is 0 Å². The van der Waals surface area contributed by atoms with Crippen molar-refractivity contribution in [3.63, 3.8) is 0 Å². The van der Waals surface area contributed by atoms with Gasteiger partial charge in [0.05, 0.1) is 0 Å². The van der Waals surface area contributed by atoms with Crippen LogP contribution in [0.4, 0.5) is 0 Å². The van der Waals surface area contributed by atoms with E-state index in [0.717, 1.165) is 25.2 Å². The molecule has 1 fully saturated rings. The van der Waals surface area contributed by atoms with Gasteiger partial charge in [-0.3, -0.25) is 9.59 Å². The number of hydrogen-bond donors (Lipinski definition) is 3. The van der Waals surface area contributed by atoms with Crippen molar-refractivity contribution in [1.82, 2.24) is 16.0 Å². The molecule has 0 spiro atoms. The van der Waals surface area contributed by atoms with Gasteiger partial charge >= 0.3 is 0 Å². The molecule has 1 aliphatic rings. The van der Waals surface area contributed by atoms with Gasteiger partial charge < -0.3 is 16.0 Å². The van der Waals surface area contributed by atoms with Gasteiger partial charge in [-0.1, -0.05) is 12.1 Å². The van der Waals surface area contributed by atoms with Crippen molar-refractivity contribution in [3.8, 4) is 0 Å². The number of nitrogens with one attached hydrogen (secondary N) is 3. The van der Waals surface area contributed by atoms with Crippen molar-refractivity contribution in [2.75, 3.05) is 19.6 Å². The van der Waals surface area contributed by atoms with E-state index >= 15 is 0 Å². The van der Waals surface area contributed by atoms with Crippen LogP contribution in [0.3, 0.4) is 0 Å². The number of rotatable bonds is 5. The summed E-state index contributed by atoms with van der Waals surface area (Å²) in [5.74, 6) is 0.436. The van der Waals surface area contributed by atoms with Gasteiger partial charge in [-0.2, -0.15) is 0 Å². The molecular weight excluding hydrogens is 266 g/mol. The summed E-state index contributed by atoms with van der Waals surface area (Å²) in [5.41, 5.74) is 1.64. The van der Waals surface area contributed by atoms with Crippen LogP contribution in [0.5, 0.6) is 0 Å². The molecule has 5 nitrogen and oxygen atoms in total. The first-order valence-corrected chi connectivity index (χ1v) is 7.47. The lowest BCUT2D eigenvalue weighted by molar-refractivity contribution is -0.119. The number of carbonyl (C=O) groups is 2. The SMILES string of the molecule is CC(=O)NCc1ccc(C(=O)NCC2CCCNC2)cc1. The zero-order chi connectivity index (χ0) is 15.1. The second-order valence-electron chi connectivity index (χ2n) is 5.53. The first kappa shape index (κ1) is 15.5. The molecule has 1 atom stereocenters. The topological polar surface area (TPSA) is 70.2 Å². The monoisotopic (exact) mass is 289 g/mol. The third kappa shape index (κ3) is 5.19. The molecule has 21 heavy (non-hydrogen) atoms. The van der Waals surface area contributed by atoms with Crippen LogP contribution in [0.2, 0.25) is 0 Å². The van der Waals surface area contributed by atoms with Crippen molar-refractivity contribution in [2.24, 2.45) is 5.92 Å². The maximum absolute atomic E-state index is 12.1. The molecule has 1 aromatic rings. The van der Waals surface area contributed by atoms with E-state index in [0.29, 0.717) is 18.0 Å². The van der Waals surface area contributed by atoms with E-state index in [1.807, 2.05) is 12.1 Å². The van der Waals surface area contributed by atoms with Crippen molar-refractivity contribution in [1.29, 1.82) is 0 Å². The summed E-state index contributed by atoms with van der Waals surface area (Å²) in [6.45, 7) is 4.77. The van der Waals surface area contributed by atoms with E-state index < -0.39 is 0 Å². The molecule has 5 heteroatoms. The fraction of sp³-hybridized carbons (Fsp3) is 0.500. The average Bonchev–Trinajstić information content (AvgIpc) is 2.52. The largest absolute Gasteiger partial charge is 0.352 e. The molecule has 1 heterocycles. The normalized spacial score (nSPS) is 18.0. The third-order valence-corrected chi connectivity index (χ3v) is 3.71. The van der Waals surface area contributed by atoms with Crippen LogP contribution in [0.15, 0.2) is 24.3 Å². The standard InChI is InChI=1S/C16H23N3O2/c1-12(20)18-10-13-4-6-15(7-5-13)16(21)19-11-14-3-2-8-17-9-14/h4-7,14,17H,2-3,8-11H2,1H3,(H,18,20)(H,19,21). The van der Waals surface area contributed by atoms with E-state index in [4.69, 9.17) is 0 Å². The highest BCUT2D eigenvalue weighted by Gasteiger charge is 2.14. The predicted octanol–water partition coefficient (Wildman–Crippen LogP) is 1.05. The van der Waals surface area contributed by atoms with Gasteiger partial charge in [0.25, 0.3) is 5.91 Å². The Labute approximate surface area is 125 Å². The molecule has 114 valence electrons. The minimum absolute atomic E-state index is 0.0355. The van der Waals surface area contributed by atoms with Crippen LogP contribution in [0, 0.1) is 5.92 Å². The third-order valence-electron chi connectivity index (χ3n) is 3.71. The maximum atomic E-state index is 12.1. The molecule has 0 bridgehead atoms. The molecule has 0 aromatic heterocycles. The smallest absolute Gasteiger partial charge is 0.251 e. The molecule has 1 saturated heterocycles. The zero-order valence-corrected chi connectivity index (χ0v) is 12.4. The predicted molar refractivity (Wildman–Crippen MR) is 81.9 cm³/mol. The average molecular weight is 289 g/mol. The highest BCUT2D eigenvalue weighted by atomic mass is 16.2. The number of benzene rings is 1.